The van der Waals surface area contributed by atoms with Crippen molar-refractivity contribution in [2.45, 2.75) is 0 Å². The van der Waals surface area contributed by atoms with Gasteiger partial charge in [-0.25, -0.2) is 0 Å². The highest BCUT2D eigenvalue weighted by molar-refractivity contribution is 9.12. The van der Waals surface area contributed by atoms with E-state index in [9.17, 15) is 14.9 Å². The van der Waals surface area contributed by atoms with Gasteiger partial charge in [0.05, 0.1) is 4.92 Å². The van der Waals surface area contributed by atoms with Gasteiger partial charge in [-0.05, 0) is 10.9 Å². The number of anilines is 1. The zero-order chi connectivity index (χ0) is 11.3. The average molecular weight is 269 g/mol. The summed E-state index contributed by atoms with van der Waals surface area (Å²) < 4.78 is 0. The first-order valence-electron chi connectivity index (χ1n) is 3.80. The molecule has 1 rings (SSSR count). The summed E-state index contributed by atoms with van der Waals surface area (Å²) >= 11 is 2.77. The number of hydrogen-bond donors (Lipinski definition) is 1. The average Bonchev–Trinajstić information content (AvgIpc) is 2.18. The van der Waals surface area contributed by atoms with Crippen LogP contribution in [0.15, 0.2) is 24.3 Å². The van der Waals surface area contributed by atoms with E-state index in [1.54, 1.807) is 6.07 Å². The number of rotatable bonds is 2. The molecule has 0 aromatic heterocycles. The van der Waals surface area contributed by atoms with Gasteiger partial charge in [-0.15, -0.1) is 0 Å². The fraction of sp³-hybridized carbons (Fsp3) is 0. The second-order valence-corrected chi connectivity index (χ2v) is 2.88. The Morgan fingerprint density at radius 2 is 2.27 bits per heavy atom. The van der Waals surface area contributed by atoms with E-state index in [0.29, 0.717) is 5.69 Å². The van der Waals surface area contributed by atoms with Crippen molar-refractivity contribution in [3.05, 3.63) is 34.4 Å². The van der Waals surface area contributed by atoms with Crippen LogP contribution in [0.2, 0.25) is 0 Å². The third-order valence-corrected chi connectivity index (χ3v) is 1.67. The lowest BCUT2D eigenvalue weighted by Gasteiger charge is -1.99. The molecule has 0 heterocycles. The van der Waals surface area contributed by atoms with Gasteiger partial charge in [0, 0.05) is 39.7 Å². The van der Waals surface area contributed by atoms with Crippen LogP contribution in [0.25, 0.3) is 0 Å². The molecule has 0 saturated carbocycles. The highest BCUT2D eigenvalue weighted by atomic mass is 79.9. The molecule has 5 nitrogen and oxygen atoms in total. The minimum absolute atomic E-state index is 0.0837. The molecule has 0 unspecified atom stereocenters. The number of amides is 1. The minimum atomic E-state index is -0.536. The Hall–Kier alpha value is -1.87. The van der Waals surface area contributed by atoms with E-state index in [1.165, 1.54) is 18.2 Å². The SMILES string of the molecule is O=C(C#CBr)Nc1cccc([N+](=O)[O-])c1. The summed E-state index contributed by atoms with van der Waals surface area (Å²) in [5, 5.41) is 12.8. The monoisotopic (exact) mass is 268 g/mol. The van der Waals surface area contributed by atoms with Crippen LogP contribution in [-0.2, 0) is 4.79 Å². The predicted octanol–water partition coefficient (Wildman–Crippen LogP) is 1.89. The molecule has 1 N–H and O–H groups in total. The summed E-state index contributed by atoms with van der Waals surface area (Å²) in [6.07, 6.45) is 0. The quantitative estimate of drug-likeness (QED) is 0.506. The number of hydrogen-bond acceptors (Lipinski definition) is 3. The molecule has 1 aromatic rings. The van der Waals surface area contributed by atoms with Crippen LogP contribution < -0.4 is 5.32 Å². The number of nitro benzene ring substituents is 1. The fourth-order valence-electron chi connectivity index (χ4n) is 0.902. The first-order valence-corrected chi connectivity index (χ1v) is 4.60. The van der Waals surface area contributed by atoms with E-state index in [0.717, 1.165) is 0 Å². The predicted molar refractivity (Wildman–Crippen MR) is 58.4 cm³/mol. The molecule has 0 spiro atoms. The first-order chi connectivity index (χ1) is 7.13. The van der Waals surface area contributed by atoms with Gasteiger partial charge in [-0.2, -0.15) is 0 Å². The van der Waals surface area contributed by atoms with Gasteiger partial charge in [-0.1, -0.05) is 6.07 Å². The van der Waals surface area contributed by atoms with Crippen molar-refractivity contribution in [1.82, 2.24) is 0 Å². The number of nitrogens with zero attached hydrogens (tertiary/aromatic N) is 1. The topological polar surface area (TPSA) is 72.2 Å². The molecule has 15 heavy (non-hydrogen) atoms. The molecule has 0 bridgehead atoms. The Kier molecular flexibility index (Phi) is 3.83. The smallest absolute Gasteiger partial charge is 0.301 e. The summed E-state index contributed by atoms with van der Waals surface area (Å²) in [7, 11) is 0. The van der Waals surface area contributed by atoms with Crippen molar-refractivity contribution in [2.24, 2.45) is 0 Å². The van der Waals surface area contributed by atoms with E-state index >= 15 is 0 Å². The molecule has 6 heteroatoms. The van der Waals surface area contributed by atoms with Crippen LogP contribution >= 0.6 is 15.9 Å². The van der Waals surface area contributed by atoms with Crippen LogP contribution in [0, 0.1) is 20.9 Å². The number of nitro groups is 1. The Morgan fingerprint density at radius 3 is 2.87 bits per heavy atom. The van der Waals surface area contributed by atoms with Crippen LogP contribution in [0.5, 0.6) is 0 Å². The van der Waals surface area contributed by atoms with Crippen LogP contribution in [0.1, 0.15) is 0 Å². The van der Waals surface area contributed by atoms with E-state index in [4.69, 9.17) is 0 Å². The number of carbonyl (C=O) groups is 1. The molecular formula is C9H5BrN2O3. The number of benzene rings is 1. The highest BCUT2D eigenvalue weighted by Crippen LogP contribution is 2.16. The zero-order valence-electron chi connectivity index (χ0n) is 7.36. The van der Waals surface area contributed by atoms with Gasteiger partial charge in [0.2, 0.25) is 0 Å². The maximum Gasteiger partial charge on any atom is 0.301 e. The Balaban J connectivity index is 2.85. The van der Waals surface area contributed by atoms with E-state index in [2.05, 4.69) is 32.0 Å². The van der Waals surface area contributed by atoms with Crippen molar-refractivity contribution in [3.8, 4) is 10.8 Å². The number of carbonyl (C=O) groups excluding carboxylic acids is 1. The van der Waals surface area contributed by atoms with Gasteiger partial charge in [0.25, 0.3) is 5.69 Å². The van der Waals surface area contributed by atoms with E-state index in [-0.39, 0.29) is 5.69 Å². The molecule has 0 saturated heterocycles. The number of halogens is 1. The third kappa shape index (κ3) is 3.40. The minimum Gasteiger partial charge on any atom is -0.315 e. The molecule has 76 valence electrons. The van der Waals surface area contributed by atoms with Crippen LogP contribution in [0.3, 0.4) is 0 Å². The van der Waals surface area contributed by atoms with E-state index in [1.807, 2.05) is 0 Å². The molecule has 0 aliphatic carbocycles. The summed E-state index contributed by atoms with van der Waals surface area (Å²) in [6.45, 7) is 0. The summed E-state index contributed by atoms with van der Waals surface area (Å²) in [5.74, 6) is 1.65. The molecule has 0 atom stereocenters. The van der Waals surface area contributed by atoms with Gasteiger partial charge in [-0.3, -0.25) is 14.9 Å². The highest BCUT2D eigenvalue weighted by Gasteiger charge is 2.06. The van der Waals surface area contributed by atoms with Gasteiger partial charge in [0.1, 0.15) is 0 Å². The van der Waals surface area contributed by atoms with Crippen molar-refractivity contribution >= 4 is 33.2 Å². The van der Waals surface area contributed by atoms with Crippen molar-refractivity contribution in [3.63, 3.8) is 0 Å². The van der Waals surface area contributed by atoms with E-state index < -0.39 is 10.8 Å². The lowest BCUT2D eigenvalue weighted by molar-refractivity contribution is -0.384. The second kappa shape index (κ2) is 5.12. The molecular weight excluding hydrogens is 264 g/mol. The maximum absolute atomic E-state index is 11.0. The maximum atomic E-state index is 11.0. The van der Waals surface area contributed by atoms with Crippen molar-refractivity contribution in [1.29, 1.82) is 0 Å². The summed E-state index contributed by atoms with van der Waals surface area (Å²) in [4.78, 5) is 23.1. The molecule has 1 amide bonds. The standard InChI is InChI=1S/C9H5BrN2O3/c10-5-4-9(13)11-7-2-1-3-8(6-7)12(14)15/h1-3,6H,(H,11,13). The fourth-order valence-corrected chi connectivity index (χ4v) is 1.08. The molecule has 0 radical (unpaired) electrons. The van der Waals surface area contributed by atoms with Crippen LogP contribution in [-0.4, -0.2) is 10.8 Å². The molecule has 0 aliphatic rings. The Labute approximate surface area is 93.8 Å². The molecule has 0 fully saturated rings. The second-order valence-electron chi connectivity index (χ2n) is 2.48. The van der Waals surface area contributed by atoms with Crippen molar-refractivity contribution < 1.29 is 9.72 Å². The normalized spacial score (nSPS) is 8.60. The van der Waals surface area contributed by atoms with Gasteiger partial charge in [0.15, 0.2) is 0 Å². The number of nitrogens with one attached hydrogen (secondary N) is 1. The third-order valence-electron chi connectivity index (χ3n) is 1.48. The number of non-ortho nitro benzene ring substituents is 1. The zero-order valence-corrected chi connectivity index (χ0v) is 8.95. The lowest BCUT2D eigenvalue weighted by atomic mass is 10.3. The molecule has 0 aliphatic heterocycles. The summed E-state index contributed by atoms with van der Waals surface area (Å²) in [6, 6.07) is 5.62. The largest absolute Gasteiger partial charge is 0.315 e. The van der Waals surface area contributed by atoms with Gasteiger partial charge >= 0.3 is 5.91 Å². The Morgan fingerprint density at radius 1 is 1.53 bits per heavy atom. The summed E-state index contributed by atoms with van der Waals surface area (Å²) in [5.41, 5.74) is 0.254. The molecule has 1 aromatic carbocycles. The first kappa shape index (κ1) is 11.2. The van der Waals surface area contributed by atoms with Gasteiger partial charge < -0.3 is 5.32 Å². The van der Waals surface area contributed by atoms with Crippen LogP contribution in [0.4, 0.5) is 11.4 Å². The lowest BCUT2D eigenvalue weighted by Crippen LogP contribution is -2.08. The van der Waals surface area contributed by atoms with Crippen molar-refractivity contribution in [2.75, 3.05) is 5.32 Å². The Bertz CT molecular complexity index is 462.